The second-order valence-electron chi connectivity index (χ2n) is 5.83. The van der Waals surface area contributed by atoms with E-state index in [1.165, 1.54) is 27.8 Å². The van der Waals surface area contributed by atoms with Gasteiger partial charge in [-0.25, -0.2) is 0 Å². The summed E-state index contributed by atoms with van der Waals surface area (Å²) in [5.41, 5.74) is 7.85. The van der Waals surface area contributed by atoms with Crippen LogP contribution in [0, 0.1) is 27.7 Å². The second-order valence-corrected chi connectivity index (χ2v) is 5.83. The van der Waals surface area contributed by atoms with Crippen molar-refractivity contribution in [2.75, 3.05) is 0 Å². The highest BCUT2D eigenvalue weighted by Gasteiger charge is 2.12. The van der Waals surface area contributed by atoms with E-state index >= 15 is 0 Å². The summed E-state index contributed by atoms with van der Waals surface area (Å²) in [6.45, 7) is 11.7. The molecule has 2 aromatic rings. The van der Waals surface area contributed by atoms with Crippen LogP contribution >= 0.6 is 0 Å². The Bertz CT molecular complexity index is 588. The van der Waals surface area contributed by atoms with E-state index in [4.69, 9.17) is 0 Å². The highest BCUT2D eigenvalue weighted by molar-refractivity contribution is 5.39. The quantitative estimate of drug-likeness (QED) is 0.922. The van der Waals surface area contributed by atoms with Gasteiger partial charge in [0.15, 0.2) is 0 Å². The van der Waals surface area contributed by atoms with Crippen molar-refractivity contribution >= 4 is 0 Å². The maximum absolute atomic E-state index is 4.39. The molecule has 0 saturated carbocycles. The van der Waals surface area contributed by atoms with E-state index in [1.54, 1.807) is 0 Å². The van der Waals surface area contributed by atoms with E-state index < -0.39 is 0 Å². The molecule has 108 valence electrons. The number of hydrogen-bond acceptors (Lipinski definition) is 2. The molecule has 3 heteroatoms. The van der Waals surface area contributed by atoms with Crippen molar-refractivity contribution in [3.63, 3.8) is 0 Å². The van der Waals surface area contributed by atoms with Crippen LogP contribution in [0.3, 0.4) is 0 Å². The molecule has 0 aliphatic rings. The predicted molar refractivity (Wildman–Crippen MR) is 83.9 cm³/mol. The van der Waals surface area contributed by atoms with Crippen LogP contribution in [-0.4, -0.2) is 9.78 Å². The Morgan fingerprint density at radius 1 is 1.15 bits per heavy atom. The predicted octanol–water partition coefficient (Wildman–Crippen LogP) is 3.50. The van der Waals surface area contributed by atoms with Gasteiger partial charge < -0.3 is 5.32 Å². The van der Waals surface area contributed by atoms with Gasteiger partial charge in [0.1, 0.15) is 0 Å². The summed E-state index contributed by atoms with van der Waals surface area (Å²) in [7, 11) is 1.97. The normalized spacial score (nSPS) is 12.7. The minimum absolute atomic E-state index is 0.343. The minimum Gasteiger partial charge on any atom is -0.306 e. The molecular weight excluding hydrogens is 246 g/mol. The topological polar surface area (TPSA) is 29.9 Å². The lowest BCUT2D eigenvalue weighted by molar-refractivity contribution is 0.568. The number of benzene rings is 1. The van der Waals surface area contributed by atoms with Crippen LogP contribution in [0.4, 0.5) is 0 Å². The molecular formula is C17H25N3. The maximum atomic E-state index is 4.39. The lowest BCUT2D eigenvalue weighted by atomic mass is 9.95. The summed E-state index contributed by atoms with van der Waals surface area (Å²) in [6, 6.07) is 4.86. The fourth-order valence-electron chi connectivity index (χ4n) is 3.06. The highest BCUT2D eigenvalue weighted by atomic mass is 15.2. The van der Waals surface area contributed by atoms with E-state index in [9.17, 15) is 0 Å². The van der Waals surface area contributed by atoms with Gasteiger partial charge in [0, 0.05) is 31.4 Å². The van der Waals surface area contributed by atoms with Crippen molar-refractivity contribution in [3.8, 4) is 0 Å². The molecule has 1 N–H and O–H groups in total. The first-order valence-electron chi connectivity index (χ1n) is 7.18. The third-order valence-corrected chi connectivity index (χ3v) is 3.88. The highest BCUT2D eigenvalue weighted by Crippen LogP contribution is 2.23. The van der Waals surface area contributed by atoms with Gasteiger partial charge in [0.25, 0.3) is 0 Å². The third kappa shape index (κ3) is 3.10. The van der Waals surface area contributed by atoms with Gasteiger partial charge in [0.2, 0.25) is 0 Å². The molecule has 1 aromatic heterocycles. The van der Waals surface area contributed by atoms with Crippen LogP contribution in [-0.2, 0) is 13.6 Å². The van der Waals surface area contributed by atoms with Crippen molar-refractivity contribution in [2.45, 2.75) is 47.2 Å². The molecule has 1 unspecified atom stereocenters. The first kappa shape index (κ1) is 14.8. The lowest BCUT2D eigenvalue weighted by Gasteiger charge is -2.19. The van der Waals surface area contributed by atoms with E-state index in [1.807, 2.05) is 11.7 Å². The number of rotatable bonds is 4. The van der Waals surface area contributed by atoms with E-state index in [0.29, 0.717) is 6.04 Å². The molecule has 0 aliphatic carbocycles. The maximum Gasteiger partial charge on any atom is 0.0638 e. The first-order valence-corrected chi connectivity index (χ1v) is 7.18. The smallest absolute Gasteiger partial charge is 0.0638 e. The van der Waals surface area contributed by atoms with Gasteiger partial charge in [-0.15, -0.1) is 0 Å². The van der Waals surface area contributed by atoms with Crippen molar-refractivity contribution < 1.29 is 0 Å². The van der Waals surface area contributed by atoms with Crippen LogP contribution in [0.15, 0.2) is 18.3 Å². The lowest BCUT2D eigenvalue weighted by Crippen LogP contribution is -2.20. The van der Waals surface area contributed by atoms with E-state index in [2.05, 4.69) is 63.4 Å². The van der Waals surface area contributed by atoms with Crippen molar-refractivity contribution in [1.29, 1.82) is 0 Å². The average molecular weight is 271 g/mol. The van der Waals surface area contributed by atoms with Gasteiger partial charge in [-0.05, 0) is 51.3 Å². The summed E-state index contributed by atoms with van der Waals surface area (Å²) in [5.74, 6) is 0. The Morgan fingerprint density at radius 3 is 2.25 bits per heavy atom. The number of nitrogens with zero attached hydrogens (tertiary/aromatic N) is 2. The van der Waals surface area contributed by atoms with E-state index in [0.717, 1.165) is 12.2 Å². The van der Waals surface area contributed by atoms with Crippen LogP contribution in [0.5, 0.6) is 0 Å². The number of aryl methyl sites for hydroxylation is 5. The first-order chi connectivity index (χ1) is 9.38. The Labute approximate surface area is 122 Å². The average Bonchev–Trinajstić information content (AvgIpc) is 2.63. The third-order valence-electron chi connectivity index (χ3n) is 3.88. The molecule has 0 aliphatic heterocycles. The zero-order chi connectivity index (χ0) is 14.9. The molecule has 0 saturated heterocycles. The summed E-state index contributed by atoms with van der Waals surface area (Å²) >= 11 is 0. The molecule has 1 atom stereocenters. The Morgan fingerprint density at radius 2 is 1.75 bits per heavy atom. The Kier molecular flexibility index (Phi) is 4.29. The van der Waals surface area contributed by atoms with Gasteiger partial charge in [-0.1, -0.05) is 17.7 Å². The zero-order valence-corrected chi connectivity index (χ0v) is 13.4. The molecule has 0 radical (unpaired) electrons. The molecule has 0 amide bonds. The summed E-state index contributed by atoms with van der Waals surface area (Å²) < 4.78 is 1.87. The van der Waals surface area contributed by atoms with Gasteiger partial charge in [0.05, 0.1) is 5.69 Å². The van der Waals surface area contributed by atoms with Crippen molar-refractivity contribution in [1.82, 2.24) is 15.1 Å². The van der Waals surface area contributed by atoms with E-state index in [-0.39, 0.29) is 0 Å². The zero-order valence-electron chi connectivity index (χ0n) is 13.4. The van der Waals surface area contributed by atoms with Crippen molar-refractivity contribution in [3.05, 3.63) is 51.8 Å². The van der Waals surface area contributed by atoms with Crippen LogP contribution in [0.1, 0.15) is 46.5 Å². The monoisotopic (exact) mass is 271 g/mol. The molecule has 2 rings (SSSR count). The van der Waals surface area contributed by atoms with Crippen LogP contribution in [0.2, 0.25) is 0 Å². The van der Waals surface area contributed by atoms with Gasteiger partial charge >= 0.3 is 0 Å². The summed E-state index contributed by atoms with van der Waals surface area (Å²) in [5, 5.41) is 8.00. The molecule has 0 bridgehead atoms. The molecule has 20 heavy (non-hydrogen) atoms. The summed E-state index contributed by atoms with van der Waals surface area (Å²) in [4.78, 5) is 0. The van der Waals surface area contributed by atoms with Gasteiger partial charge in [-0.2, -0.15) is 5.10 Å². The largest absolute Gasteiger partial charge is 0.306 e. The van der Waals surface area contributed by atoms with Gasteiger partial charge in [-0.3, -0.25) is 4.68 Å². The van der Waals surface area contributed by atoms with Crippen LogP contribution < -0.4 is 5.32 Å². The Hall–Kier alpha value is -1.61. The molecule has 3 nitrogen and oxygen atoms in total. The fraction of sp³-hybridized carbons (Fsp3) is 0.471. The van der Waals surface area contributed by atoms with Crippen LogP contribution in [0.25, 0.3) is 0 Å². The molecule has 0 fully saturated rings. The fourth-order valence-corrected chi connectivity index (χ4v) is 3.06. The second kappa shape index (κ2) is 5.80. The number of hydrogen-bond donors (Lipinski definition) is 1. The number of nitrogens with one attached hydrogen (secondary N) is 1. The molecule has 1 aromatic carbocycles. The number of aromatic nitrogens is 2. The molecule has 0 spiro atoms. The Balaban J connectivity index is 2.13. The SMILES string of the molecule is Cc1cc(C)c(C(C)NCc2cn(C)nc2C)c(C)c1. The standard InChI is InChI=1S/C17H25N3/c1-11-7-12(2)17(13(3)8-11)15(5)18-9-16-10-20(6)19-14(16)4/h7-8,10,15,18H,9H2,1-6H3. The minimum atomic E-state index is 0.343. The molecule has 1 heterocycles. The summed E-state index contributed by atoms with van der Waals surface area (Å²) in [6.07, 6.45) is 2.09. The van der Waals surface area contributed by atoms with Crippen molar-refractivity contribution in [2.24, 2.45) is 7.05 Å².